The summed E-state index contributed by atoms with van der Waals surface area (Å²) in [5.74, 6) is 1.54. The SMILES string of the molecule is CSc1ccccc1NC(=O)CCSc1nnc(C)n1Cc1ccccc1. The van der Waals surface area contributed by atoms with E-state index < -0.39 is 0 Å². The molecule has 0 atom stereocenters. The minimum absolute atomic E-state index is 0.00912. The van der Waals surface area contributed by atoms with Crippen molar-refractivity contribution in [1.82, 2.24) is 14.8 Å². The van der Waals surface area contributed by atoms with Gasteiger partial charge in [-0.1, -0.05) is 54.2 Å². The number of para-hydroxylation sites is 1. The molecule has 0 fully saturated rings. The van der Waals surface area contributed by atoms with Crippen molar-refractivity contribution in [3.05, 3.63) is 66.0 Å². The number of anilines is 1. The first kappa shape index (κ1) is 19.5. The van der Waals surface area contributed by atoms with Gasteiger partial charge in [0, 0.05) is 17.1 Å². The van der Waals surface area contributed by atoms with Gasteiger partial charge in [0.2, 0.25) is 5.91 Å². The highest BCUT2D eigenvalue weighted by Gasteiger charge is 2.12. The molecule has 0 saturated heterocycles. The summed E-state index contributed by atoms with van der Waals surface area (Å²) in [5.41, 5.74) is 2.07. The van der Waals surface area contributed by atoms with E-state index in [1.807, 2.05) is 55.6 Å². The molecule has 5 nitrogen and oxygen atoms in total. The van der Waals surface area contributed by atoms with E-state index in [-0.39, 0.29) is 5.91 Å². The zero-order valence-electron chi connectivity index (χ0n) is 15.4. The maximum absolute atomic E-state index is 12.3. The Morgan fingerprint density at radius 1 is 1.07 bits per heavy atom. The number of amides is 1. The number of benzene rings is 2. The molecule has 0 aliphatic carbocycles. The third-order valence-corrected chi connectivity index (χ3v) is 5.79. The maximum Gasteiger partial charge on any atom is 0.225 e. The van der Waals surface area contributed by atoms with Crippen LogP contribution in [-0.2, 0) is 11.3 Å². The molecule has 2 aromatic carbocycles. The maximum atomic E-state index is 12.3. The average Bonchev–Trinajstić information content (AvgIpc) is 3.03. The van der Waals surface area contributed by atoms with Crippen LogP contribution in [0.2, 0.25) is 0 Å². The van der Waals surface area contributed by atoms with Gasteiger partial charge in [0.1, 0.15) is 5.82 Å². The minimum atomic E-state index is 0.00912. The number of nitrogens with one attached hydrogen (secondary N) is 1. The van der Waals surface area contributed by atoms with Crippen molar-refractivity contribution in [3.8, 4) is 0 Å². The van der Waals surface area contributed by atoms with Crippen LogP contribution in [0.15, 0.2) is 64.6 Å². The van der Waals surface area contributed by atoms with Crippen LogP contribution < -0.4 is 5.32 Å². The Labute approximate surface area is 168 Å². The molecule has 7 heteroatoms. The molecular weight excluding hydrogens is 376 g/mol. The van der Waals surface area contributed by atoms with Gasteiger partial charge in [-0.05, 0) is 30.9 Å². The summed E-state index contributed by atoms with van der Waals surface area (Å²) in [5, 5.41) is 12.3. The van der Waals surface area contributed by atoms with Crippen LogP contribution in [0.5, 0.6) is 0 Å². The van der Waals surface area contributed by atoms with Crippen molar-refractivity contribution in [3.63, 3.8) is 0 Å². The monoisotopic (exact) mass is 398 g/mol. The Hall–Kier alpha value is -2.25. The van der Waals surface area contributed by atoms with E-state index in [4.69, 9.17) is 0 Å². The van der Waals surface area contributed by atoms with E-state index >= 15 is 0 Å². The highest BCUT2D eigenvalue weighted by molar-refractivity contribution is 7.99. The van der Waals surface area contributed by atoms with Crippen molar-refractivity contribution in [2.75, 3.05) is 17.3 Å². The fourth-order valence-corrected chi connectivity index (χ4v) is 4.09. The second kappa shape index (κ2) is 9.62. The molecule has 3 aromatic rings. The molecule has 0 radical (unpaired) electrons. The van der Waals surface area contributed by atoms with Crippen LogP contribution in [0.3, 0.4) is 0 Å². The first-order chi connectivity index (χ1) is 13.2. The topological polar surface area (TPSA) is 59.8 Å². The number of carbonyl (C=O) groups excluding carboxylic acids is 1. The predicted molar refractivity (Wildman–Crippen MR) is 112 cm³/mol. The zero-order valence-corrected chi connectivity index (χ0v) is 17.0. The lowest BCUT2D eigenvalue weighted by atomic mass is 10.2. The summed E-state index contributed by atoms with van der Waals surface area (Å²) < 4.78 is 2.08. The number of carbonyl (C=O) groups is 1. The fourth-order valence-electron chi connectivity index (χ4n) is 2.61. The minimum Gasteiger partial charge on any atom is -0.325 e. The molecule has 0 saturated carbocycles. The summed E-state index contributed by atoms with van der Waals surface area (Å²) in [7, 11) is 0. The molecule has 0 spiro atoms. The number of aryl methyl sites for hydroxylation is 1. The van der Waals surface area contributed by atoms with E-state index in [2.05, 4.69) is 32.2 Å². The average molecular weight is 399 g/mol. The lowest BCUT2D eigenvalue weighted by molar-refractivity contribution is -0.115. The second-order valence-electron chi connectivity index (χ2n) is 5.95. The van der Waals surface area contributed by atoms with Crippen molar-refractivity contribution in [2.45, 2.75) is 29.9 Å². The highest BCUT2D eigenvalue weighted by atomic mass is 32.2. The Bertz CT molecular complexity index is 896. The van der Waals surface area contributed by atoms with Crippen molar-refractivity contribution in [2.24, 2.45) is 0 Å². The standard InChI is InChI=1S/C20H22N4OS2/c1-15-22-23-20(24(15)14-16-8-4-3-5-9-16)27-13-12-19(25)21-17-10-6-7-11-18(17)26-2/h3-11H,12-14H2,1-2H3,(H,21,25). The molecule has 0 aliphatic heterocycles. The first-order valence-electron chi connectivity index (χ1n) is 8.67. The van der Waals surface area contributed by atoms with Gasteiger partial charge >= 0.3 is 0 Å². The molecule has 0 aliphatic rings. The third kappa shape index (κ3) is 5.37. The summed E-state index contributed by atoms with van der Waals surface area (Å²) in [6.07, 6.45) is 2.42. The van der Waals surface area contributed by atoms with Crippen LogP contribution in [0, 0.1) is 6.92 Å². The molecule has 1 heterocycles. The van der Waals surface area contributed by atoms with Crippen LogP contribution >= 0.6 is 23.5 Å². The summed E-state index contributed by atoms with van der Waals surface area (Å²) in [6.45, 7) is 2.68. The van der Waals surface area contributed by atoms with E-state index in [1.54, 1.807) is 23.5 Å². The van der Waals surface area contributed by atoms with Crippen molar-refractivity contribution >= 4 is 35.1 Å². The number of hydrogen-bond donors (Lipinski definition) is 1. The van der Waals surface area contributed by atoms with Gasteiger partial charge in [0.15, 0.2) is 5.16 Å². The number of hydrogen-bond acceptors (Lipinski definition) is 5. The summed E-state index contributed by atoms with van der Waals surface area (Å²) in [4.78, 5) is 13.3. The van der Waals surface area contributed by atoms with E-state index in [0.717, 1.165) is 28.1 Å². The predicted octanol–water partition coefficient (Wildman–Crippen LogP) is 4.48. The quantitative estimate of drug-likeness (QED) is 0.567. The van der Waals surface area contributed by atoms with Crippen LogP contribution in [0.25, 0.3) is 0 Å². The Morgan fingerprint density at radius 3 is 2.59 bits per heavy atom. The van der Waals surface area contributed by atoms with Gasteiger partial charge < -0.3 is 9.88 Å². The summed E-state index contributed by atoms with van der Waals surface area (Å²) in [6, 6.07) is 18.1. The van der Waals surface area contributed by atoms with Gasteiger partial charge in [-0.3, -0.25) is 4.79 Å². The van der Waals surface area contributed by atoms with Gasteiger partial charge in [0.05, 0.1) is 12.2 Å². The molecule has 3 rings (SSSR count). The van der Waals surface area contributed by atoms with E-state index in [9.17, 15) is 4.79 Å². The molecule has 1 amide bonds. The number of thioether (sulfide) groups is 2. The van der Waals surface area contributed by atoms with Crippen LogP contribution in [-0.4, -0.2) is 32.7 Å². The molecule has 0 bridgehead atoms. The molecule has 140 valence electrons. The third-order valence-electron chi connectivity index (χ3n) is 4.03. The Kier molecular flexibility index (Phi) is 6.95. The van der Waals surface area contributed by atoms with Crippen LogP contribution in [0.1, 0.15) is 17.8 Å². The molecule has 0 unspecified atom stereocenters. The highest BCUT2D eigenvalue weighted by Crippen LogP contribution is 2.25. The lowest BCUT2D eigenvalue weighted by Gasteiger charge is -2.10. The Balaban J connectivity index is 1.55. The van der Waals surface area contributed by atoms with E-state index in [1.165, 1.54) is 5.56 Å². The van der Waals surface area contributed by atoms with Crippen molar-refractivity contribution < 1.29 is 4.79 Å². The largest absolute Gasteiger partial charge is 0.325 e. The molecule has 27 heavy (non-hydrogen) atoms. The molecular formula is C20H22N4OS2. The first-order valence-corrected chi connectivity index (χ1v) is 10.9. The van der Waals surface area contributed by atoms with Gasteiger partial charge in [-0.25, -0.2) is 0 Å². The zero-order chi connectivity index (χ0) is 19.1. The number of nitrogens with zero attached hydrogens (tertiary/aromatic N) is 3. The summed E-state index contributed by atoms with van der Waals surface area (Å²) >= 11 is 3.18. The number of rotatable bonds is 8. The van der Waals surface area contributed by atoms with Crippen molar-refractivity contribution in [1.29, 1.82) is 0 Å². The van der Waals surface area contributed by atoms with Gasteiger partial charge in [-0.15, -0.1) is 22.0 Å². The Morgan fingerprint density at radius 2 is 1.81 bits per heavy atom. The fraction of sp³-hybridized carbons (Fsp3) is 0.250. The number of aromatic nitrogens is 3. The van der Waals surface area contributed by atoms with E-state index in [0.29, 0.717) is 12.2 Å². The normalized spacial score (nSPS) is 10.7. The van der Waals surface area contributed by atoms with Crippen LogP contribution in [0.4, 0.5) is 5.69 Å². The molecule has 1 aromatic heterocycles. The van der Waals surface area contributed by atoms with Gasteiger partial charge in [0.25, 0.3) is 0 Å². The van der Waals surface area contributed by atoms with Gasteiger partial charge in [-0.2, -0.15) is 0 Å². The second-order valence-corrected chi connectivity index (χ2v) is 7.86. The smallest absolute Gasteiger partial charge is 0.225 e. The lowest BCUT2D eigenvalue weighted by Crippen LogP contribution is -2.13. The molecule has 1 N–H and O–H groups in total.